The van der Waals surface area contributed by atoms with E-state index in [1.54, 1.807) is 7.05 Å². The van der Waals surface area contributed by atoms with E-state index in [1.807, 2.05) is 11.7 Å². The first kappa shape index (κ1) is 15.8. The lowest BCUT2D eigenvalue weighted by atomic mass is 9.97. The maximum atomic E-state index is 11.9. The molecular weight excluding hydrogens is 266 g/mol. The molecule has 2 N–H and O–H groups in total. The summed E-state index contributed by atoms with van der Waals surface area (Å²) in [5.74, 6) is 1.37. The smallest absolute Gasteiger partial charge is 0.224 e. The van der Waals surface area contributed by atoms with Crippen LogP contribution in [0.5, 0.6) is 0 Å². The summed E-state index contributed by atoms with van der Waals surface area (Å²) in [4.78, 5) is 14.2. The average Bonchev–Trinajstić information content (AvgIpc) is 2.78. The summed E-state index contributed by atoms with van der Waals surface area (Å²) in [5, 5.41) is 10.7. The van der Waals surface area contributed by atoms with Gasteiger partial charge in [-0.3, -0.25) is 9.48 Å². The van der Waals surface area contributed by atoms with Crippen LogP contribution in [0.2, 0.25) is 0 Å². The molecule has 1 aromatic heterocycles. The highest BCUT2D eigenvalue weighted by molar-refractivity contribution is 5.79. The summed E-state index contributed by atoms with van der Waals surface area (Å²) in [5.41, 5.74) is 2.31. The van der Waals surface area contributed by atoms with Crippen molar-refractivity contribution in [2.75, 3.05) is 31.6 Å². The third kappa shape index (κ3) is 3.37. The highest BCUT2D eigenvalue weighted by atomic mass is 16.1. The number of aromatic nitrogens is 2. The summed E-state index contributed by atoms with van der Waals surface area (Å²) in [6.07, 6.45) is 2.01. The normalized spacial score (nSPS) is 18.9. The zero-order chi connectivity index (χ0) is 15.4. The Morgan fingerprint density at radius 1 is 1.48 bits per heavy atom. The van der Waals surface area contributed by atoms with Gasteiger partial charge in [0.2, 0.25) is 5.91 Å². The summed E-state index contributed by atoms with van der Waals surface area (Å²) >= 11 is 0. The number of carbonyl (C=O) groups is 1. The first-order valence-corrected chi connectivity index (χ1v) is 7.78. The van der Waals surface area contributed by atoms with Gasteiger partial charge >= 0.3 is 0 Å². The molecule has 1 amide bonds. The third-order valence-corrected chi connectivity index (χ3v) is 4.20. The van der Waals surface area contributed by atoms with Gasteiger partial charge < -0.3 is 15.5 Å². The van der Waals surface area contributed by atoms with Crippen molar-refractivity contribution in [1.82, 2.24) is 20.4 Å². The lowest BCUT2D eigenvalue weighted by Crippen LogP contribution is -2.43. The van der Waals surface area contributed by atoms with Crippen molar-refractivity contribution in [3.8, 4) is 0 Å². The van der Waals surface area contributed by atoms with Gasteiger partial charge in [0.15, 0.2) is 0 Å². The fraction of sp³-hybridized carbons (Fsp3) is 0.733. The van der Waals surface area contributed by atoms with E-state index >= 15 is 0 Å². The fourth-order valence-electron chi connectivity index (χ4n) is 3.13. The standard InChI is InChI=1S/C15H27N5O/c1-5-17-9-13-11(2)18-19(4)15(13)20-8-6-7-12(10-20)14(21)16-3/h12,17H,5-10H2,1-4H3,(H,16,21). The maximum Gasteiger partial charge on any atom is 0.224 e. The molecule has 1 atom stereocenters. The molecule has 0 radical (unpaired) electrons. The number of anilines is 1. The molecule has 0 saturated carbocycles. The molecular formula is C15H27N5O. The zero-order valence-electron chi connectivity index (χ0n) is 13.6. The Hall–Kier alpha value is -1.56. The minimum atomic E-state index is 0.0749. The number of hydrogen-bond donors (Lipinski definition) is 2. The Morgan fingerprint density at radius 2 is 2.24 bits per heavy atom. The van der Waals surface area contributed by atoms with Crippen molar-refractivity contribution >= 4 is 11.7 Å². The molecule has 0 aromatic carbocycles. The lowest BCUT2D eigenvalue weighted by Gasteiger charge is -2.34. The Morgan fingerprint density at radius 3 is 2.90 bits per heavy atom. The van der Waals surface area contributed by atoms with E-state index in [1.165, 1.54) is 5.56 Å². The molecule has 1 aromatic rings. The number of carbonyl (C=O) groups excluding carboxylic acids is 1. The SMILES string of the molecule is CCNCc1c(C)nn(C)c1N1CCCC(C(=O)NC)C1. The molecule has 21 heavy (non-hydrogen) atoms. The van der Waals surface area contributed by atoms with E-state index in [0.29, 0.717) is 0 Å². The van der Waals surface area contributed by atoms with Gasteiger partial charge in [-0.25, -0.2) is 0 Å². The number of aryl methyl sites for hydroxylation is 2. The summed E-state index contributed by atoms with van der Waals surface area (Å²) in [6.45, 7) is 7.69. The molecule has 1 unspecified atom stereocenters. The number of rotatable bonds is 5. The first-order chi connectivity index (χ1) is 10.1. The fourth-order valence-corrected chi connectivity index (χ4v) is 3.13. The van der Waals surface area contributed by atoms with Gasteiger partial charge in [-0.2, -0.15) is 5.10 Å². The van der Waals surface area contributed by atoms with Gasteiger partial charge in [-0.05, 0) is 26.3 Å². The highest BCUT2D eigenvalue weighted by Gasteiger charge is 2.28. The molecule has 1 fully saturated rings. The minimum Gasteiger partial charge on any atom is -0.359 e. The minimum absolute atomic E-state index is 0.0749. The second kappa shape index (κ2) is 6.93. The van der Waals surface area contributed by atoms with Crippen LogP contribution in [0.3, 0.4) is 0 Å². The maximum absolute atomic E-state index is 11.9. The molecule has 1 saturated heterocycles. The van der Waals surface area contributed by atoms with Crippen LogP contribution in [0.4, 0.5) is 5.82 Å². The monoisotopic (exact) mass is 293 g/mol. The Labute approximate surface area is 126 Å². The molecule has 1 aliphatic heterocycles. The van der Waals surface area contributed by atoms with E-state index < -0.39 is 0 Å². The second-order valence-corrected chi connectivity index (χ2v) is 5.69. The van der Waals surface area contributed by atoms with E-state index in [4.69, 9.17) is 0 Å². The second-order valence-electron chi connectivity index (χ2n) is 5.69. The number of nitrogens with zero attached hydrogens (tertiary/aromatic N) is 3. The Kier molecular flexibility index (Phi) is 5.22. The van der Waals surface area contributed by atoms with Crippen molar-refractivity contribution in [3.05, 3.63) is 11.3 Å². The molecule has 0 bridgehead atoms. The zero-order valence-corrected chi connectivity index (χ0v) is 13.6. The van der Waals surface area contributed by atoms with Crippen LogP contribution in [0.25, 0.3) is 0 Å². The van der Waals surface area contributed by atoms with Crippen molar-refractivity contribution in [2.45, 2.75) is 33.2 Å². The predicted molar refractivity (Wildman–Crippen MR) is 84.3 cm³/mol. The summed E-state index contributed by atoms with van der Waals surface area (Å²) in [7, 11) is 3.70. The molecule has 6 nitrogen and oxygen atoms in total. The van der Waals surface area contributed by atoms with E-state index in [9.17, 15) is 4.79 Å². The van der Waals surface area contributed by atoms with Gasteiger partial charge in [-0.1, -0.05) is 6.92 Å². The molecule has 0 aliphatic carbocycles. The van der Waals surface area contributed by atoms with Gasteiger partial charge in [0.05, 0.1) is 11.6 Å². The number of nitrogens with one attached hydrogen (secondary N) is 2. The van der Waals surface area contributed by atoms with Gasteiger partial charge in [0, 0.05) is 39.3 Å². The molecule has 118 valence electrons. The topological polar surface area (TPSA) is 62.2 Å². The molecule has 6 heteroatoms. The largest absolute Gasteiger partial charge is 0.359 e. The average molecular weight is 293 g/mol. The van der Waals surface area contributed by atoms with Crippen molar-refractivity contribution in [1.29, 1.82) is 0 Å². The molecule has 2 rings (SSSR count). The third-order valence-electron chi connectivity index (χ3n) is 4.20. The number of hydrogen-bond acceptors (Lipinski definition) is 4. The van der Waals surface area contributed by atoms with Crippen molar-refractivity contribution in [2.24, 2.45) is 13.0 Å². The Balaban J connectivity index is 2.22. The Bertz CT molecular complexity index is 496. The highest BCUT2D eigenvalue weighted by Crippen LogP contribution is 2.28. The van der Waals surface area contributed by atoms with Crippen molar-refractivity contribution in [3.63, 3.8) is 0 Å². The number of piperidine rings is 1. The van der Waals surface area contributed by atoms with Crippen LogP contribution in [0, 0.1) is 12.8 Å². The van der Waals surface area contributed by atoms with Crippen molar-refractivity contribution < 1.29 is 4.79 Å². The first-order valence-electron chi connectivity index (χ1n) is 7.78. The van der Waals surface area contributed by atoms with Crippen LogP contribution < -0.4 is 15.5 Å². The van der Waals surface area contributed by atoms with Crippen LogP contribution in [-0.2, 0) is 18.4 Å². The summed E-state index contributed by atoms with van der Waals surface area (Å²) < 4.78 is 1.95. The molecule has 1 aliphatic rings. The van der Waals surface area contributed by atoms with Crippen LogP contribution in [0.1, 0.15) is 31.0 Å². The summed E-state index contributed by atoms with van der Waals surface area (Å²) in [6, 6.07) is 0. The van der Waals surface area contributed by atoms with E-state index in [-0.39, 0.29) is 11.8 Å². The van der Waals surface area contributed by atoms with E-state index in [2.05, 4.69) is 34.5 Å². The predicted octanol–water partition coefficient (Wildman–Crippen LogP) is 0.800. The van der Waals surface area contributed by atoms with E-state index in [0.717, 1.165) is 50.5 Å². The molecule has 2 heterocycles. The number of amides is 1. The van der Waals surface area contributed by atoms with Crippen LogP contribution in [-0.4, -0.2) is 42.4 Å². The van der Waals surface area contributed by atoms with Gasteiger partial charge in [0.1, 0.15) is 5.82 Å². The van der Waals surface area contributed by atoms with Gasteiger partial charge in [-0.15, -0.1) is 0 Å². The molecule has 0 spiro atoms. The quantitative estimate of drug-likeness (QED) is 0.843. The van der Waals surface area contributed by atoms with Crippen LogP contribution >= 0.6 is 0 Å². The van der Waals surface area contributed by atoms with Crippen LogP contribution in [0.15, 0.2) is 0 Å². The van der Waals surface area contributed by atoms with Gasteiger partial charge in [0.25, 0.3) is 0 Å². The lowest BCUT2D eigenvalue weighted by molar-refractivity contribution is -0.124.